The van der Waals surface area contributed by atoms with Crippen molar-refractivity contribution in [2.45, 2.75) is 24.0 Å². The first-order valence-electron chi connectivity index (χ1n) is 9.96. The van der Waals surface area contributed by atoms with E-state index in [1.165, 1.54) is 50.6 Å². The Morgan fingerprint density at radius 2 is 1.26 bits per heavy atom. The molecule has 0 spiro atoms. The third-order valence-corrected chi connectivity index (χ3v) is 5.63. The number of rotatable bonds is 5. The minimum atomic E-state index is -6.16. The first kappa shape index (κ1) is 31.7. The molecule has 0 aliphatic rings. The predicted molar refractivity (Wildman–Crippen MR) is 113 cm³/mol. The maximum Gasteiger partial charge on any atom is 0.485 e. The summed E-state index contributed by atoms with van der Waals surface area (Å²) in [7, 11) is -1.84. The number of nitrogens with zero attached hydrogens (tertiary/aromatic N) is 1. The highest BCUT2D eigenvalue weighted by Gasteiger charge is 2.67. The van der Waals surface area contributed by atoms with Gasteiger partial charge in [0.15, 0.2) is 10.1 Å². The second kappa shape index (κ2) is 10.9. The molecule has 0 saturated carbocycles. The Bertz CT molecular complexity index is 1430. The molecular formula is C21H16F9NO7S. The molecule has 1 unspecified atom stereocenters. The normalized spacial score (nSPS) is 14.0. The van der Waals surface area contributed by atoms with Gasteiger partial charge in [-0.2, -0.15) is 35.3 Å². The van der Waals surface area contributed by atoms with E-state index in [2.05, 4.69) is 4.74 Å². The molecule has 3 aromatic rings. The maximum absolute atomic E-state index is 14.2. The summed E-state index contributed by atoms with van der Waals surface area (Å²) in [6.07, 6.45) is -10.8. The van der Waals surface area contributed by atoms with Crippen molar-refractivity contribution in [2.75, 3.05) is 14.2 Å². The van der Waals surface area contributed by atoms with Crippen LogP contribution in [0, 0.1) is 0 Å². The van der Waals surface area contributed by atoms with Crippen molar-refractivity contribution in [3.8, 4) is 11.5 Å². The summed E-state index contributed by atoms with van der Waals surface area (Å²) in [5, 5.41) is 0.0118. The minimum absolute atomic E-state index is 0.00592. The van der Waals surface area contributed by atoms with Gasteiger partial charge in [-0.05, 0) is 24.3 Å². The second-order valence-corrected chi connectivity index (χ2v) is 8.80. The number of aromatic nitrogens is 1. The molecule has 0 bridgehead atoms. The predicted octanol–water partition coefficient (Wildman–Crippen LogP) is 4.54. The van der Waals surface area contributed by atoms with Crippen LogP contribution in [-0.4, -0.2) is 57.1 Å². The number of pyridine rings is 1. The van der Waals surface area contributed by atoms with Crippen LogP contribution in [0.3, 0.4) is 0 Å². The Kier molecular flexibility index (Phi) is 8.86. The van der Waals surface area contributed by atoms with Gasteiger partial charge in [0.1, 0.15) is 18.5 Å². The molecule has 1 aromatic heterocycles. The number of benzene rings is 2. The zero-order valence-corrected chi connectivity index (χ0v) is 20.5. The van der Waals surface area contributed by atoms with Gasteiger partial charge in [-0.25, -0.2) is 22.0 Å². The molecule has 8 nitrogen and oxygen atoms in total. The molecule has 0 aliphatic heterocycles. The highest BCUT2D eigenvalue weighted by atomic mass is 32.2. The lowest BCUT2D eigenvalue weighted by Crippen LogP contribution is -2.51. The lowest BCUT2D eigenvalue weighted by molar-refractivity contribution is -0.617. The van der Waals surface area contributed by atoms with Gasteiger partial charge in [-0.15, -0.1) is 0 Å². The summed E-state index contributed by atoms with van der Waals surface area (Å²) >= 11 is 0. The molecule has 0 saturated heterocycles. The number of halogens is 9. The van der Waals surface area contributed by atoms with Gasteiger partial charge in [0.25, 0.3) is 0 Å². The number of alkyl halides is 9. The topological polar surface area (TPSA) is 106 Å². The van der Waals surface area contributed by atoms with Crippen LogP contribution in [0.25, 0.3) is 21.8 Å². The van der Waals surface area contributed by atoms with E-state index in [0.717, 1.165) is 0 Å². The standard InChI is InChI=1S/C20H16F6NO4.CHF3O3S/c1-27-14-6-4-10(29-2)8-12(14)16(13-9-11(30-3)5-7-15(13)27)17(28)31-19(23,18(21)22)20(24,25)26;2-1(3,4)8(5,6)7/h4-9,18H,1-3H3;(H,5,6,7)/q+1;/p-1. The van der Waals surface area contributed by atoms with E-state index in [0.29, 0.717) is 11.0 Å². The summed E-state index contributed by atoms with van der Waals surface area (Å²) in [4.78, 5) is 12.8. The van der Waals surface area contributed by atoms with Crippen LogP contribution in [-0.2, 0) is 21.9 Å². The van der Waals surface area contributed by atoms with E-state index >= 15 is 0 Å². The average molecular weight is 597 g/mol. The number of ether oxygens (including phenoxy) is 3. The molecule has 0 N–H and O–H groups in total. The average Bonchev–Trinajstić information content (AvgIpc) is 2.81. The maximum atomic E-state index is 14.2. The number of carbonyl (C=O) groups is 1. The zero-order chi connectivity index (χ0) is 30.1. The van der Waals surface area contributed by atoms with E-state index in [1.807, 2.05) is 0 Å². The Balaban J connectivity index is 0.000000580. The Hall–Kier alpha value is -3.54. The lowest BCUT2D eigenvalue weighted by Gasteiger charge is -2.26. The van der Waals surface area contributed by atoms with Crippen LogP contribution >= 0.6 is 0 Å². The molecule has 1 heterocycles. The van der Waals surface area contributed by atoms with Crippen molar-refractivity contribution in [2.24, 2.45) is 7.05 Å². The van der Waals surface area contributed by atoms with Crippen LogP contribution in [0.5, 0.6) is 11.5 Å². The largest absolute Gasteiger partial charge is 0.741 e. The molecule has 2 aromatic carbocycles. The Morgan fingerprint density at radius 3 is 1.54 bits per heavy atom. The first-order chi connectivity index (χ1) is 17.7. The van der Waals surface area contributed by atoms with Crippen LogP contribution < -0.4 is 14.0 Å². The molecule has 0 fully saturated rings. The third-order valence-electron chi connectivity index (χ3n) is 5.06. The van der Waals surface area contributed by atoms with Gasteiger partial charge in [-0.1, -0.05) is 0 Å². The monoisotopic (exact) mass is 597 g/mol. The molecule has 18 heteroatoms. The number of hydrogen-bond donors (Lipinski definition) is 0. The summed E-state index contributed by atoms with van der Waals surface area (Å²) in [6, 6.07) is 8.69. The summed E-state index contributed by atoms with van der Waals surface area (Å²) < 4.78 is 154. The second-order valence-electron chi connectivity index (χ2n) is 7.43. The molecule has 1 atom stereocenters. The highest BCUT2D eigenvalue weighted by molar-refractivity contribution is 7.86. The molecule has 0 aliphatic carbocycles. The van der Waals surface area contributed by atoms with Crippen molar-refractivity contribution in [3.05, 3.63) is 42.0 Å². The third kappa shape index (κ3) is 6.38. The molecular weight excluding hydrogens is 581 g/mol. The SMILES string of the molecule is COc1ccc2c(c1)c(C(=O)OC(F)(C(F)F)C(F)(F)F)c1cc(OC)ccc1[n+]2C.O=S(=O)([O-])C(F)(F)F. The van der Waals surface area contributed by atoms with E-state index in [4.69, 9.17) is 22.4 Å². The fraction of sp³-hybridized carbons (Fsp3) is 0.333. The smallest absolute Gasteiger partial charge is 0.485 e. The van der Waals surface area contributed by atoms with E-state index in [1.54, 1.807) is 11.6 Å². The van der Waals surface area contributed by atoms with Crippen LogP contribution in [0.4, 0.5) is 39.5 Å². The minimum Gasteiger partial charge on any atom is -0.741 e. The van der Waals surface area contributed by atoms with Gasteiger partial charge >= 0.3 is 29.9 Å². The van der Waals surface area contributed by atoms with E-state index < -0.39 is 45.6 Å². The first-order valence-corrected chi connectivity index (χ1v) is 11.4. The summed E-state index contributed by atoms with van der Waals surface area (Å²) in [5.41, 5.74) is -5.53. The van der Waals surface area contributed by atoms with Crippen molar-refractivity contribution >= 4 is 37.9 Å². The molecule has 0 radical (unpaired) electrons. The Morgan fingerprint density at radius 1 is 0.872 bits per heavy atom. The van der Waals surface area contributed by atoms with Crippen LogP contribution in [0.1, 0.15) is 10.4 Å². The van der Waals surface area contributed by atoms with Crippen molar-refractivity contribution < 1.29 is 76.1 Å². The fourth-order valence-corrected chi connectivity index (χ4v) is 3.18. The number of carbonyl (C=O) groups excluding carboxylic acids is 1. The van der Waals surface area contributed by atoms with Crippen molar-refractivity contribution in [1.82, 2.24) is 0 Å². The fourth-order valence-electron chi connectivity index (χ4n) is 3.18. The van der Waals surface area contributed by atoms with Crippen LogP contribution in [0.15, 0.2) is 36.4 Å². The van der Waals surface area contributed by atoms with Gasteiger partial charge < -0.3 is 18.8 Å². The number of methoxy groups -OCH3 is 2. The zero-order valence-electron chi connectivity index (χ0n) is 19.7. The molecule has 39 heavy (non-hydrogen) atoms. The number of aryl methyl sites for hydroxylation is 1. The van der Waals surface area contributed by atoms with Crippen molar-refractivity contribution in [1.29, 1.82) is 0 Å². The molecule has 216 valence electrons. The van der Waals surface area contributed by atoms with Crippen molar-refractivity contribution in [3.63, 3.8) is 0 Å². The number of hydrogen-bond acceptors (Lipinski definition) is 7. The van der Waals surface area contributed by atoms with E-state index in [9.17, 15) is 44.3 Å². The highest BCUT2D eigenvalue weighted by Crippen LogP contribution is 2.41. The molecule has 3 rings (SSSR count). The molecule has 0 amide bonds. The van der Waals surface area contributed by atoms with Gasteiger partial charge in [0.05, 0.1) is 30.6 Å². The number of esters is 1. The van der Waals surface area contributed by atoms with E-state index in [-0.39, 0.29) is 22.3 Å². The lowest BCUT2D eigenvalue weighted by atomic mass is 10.0. The summed E-state index contributed by atoms with van der Waals surface area (Å²) in [6.45, 7) is 0. The van der Waals surface area contributed by atoms with Crippen LogP contribution in [0.2, 0.25) is 0 Å². The van der Waals surface area contributed by atoms with Gasteiger partial charge in [0.2, 0.25) is 11.0 Å². The quantitative estimate of drug-likeness (QED) is 0.106. The Labute approximate surface area is 213 Å². The summed E-state index contributed by atoms with van der Waals surface area (Å²) in [5.74, 6) is -6.96. The van der Waals surface area contributed by atoms with Gasteiger partial charge in [-0.3, -0.25) is 0 Å². The van der Waals surface area contributed by atoms with Gasteiger partial charge in [0, 0.05) is 12.1 Å². The number of fused-ring (bicyclic) bond motifs is 2.